The third kappa shape index (κ3) is 2.94. The number of nitrogens with one attached hydrogen (secondary N) is 1. The number of aryl methyl sites for hydroxylation is 4. The maximum atomic E-state index is 12.4. The molecule has 0 radical (unpaired) electrons. The fraction of sp³-hybridized carbons (Fsp3) is 0.375. The van der Waals surface area contributed by atoms with Gasteiger partial charge in [0.25, 0.3) is 0 Å². The highest BCUT2D eigenvalue weighted by Gasteiger charge is 2.23. The summed E-state index contributed by atoms with van der Waals surface area (Å²) < 4.78 is 34.3. The maximum Gasteiger partial charge on any atom is 0.245 e. The summed E-state index contributed by atoms with van der Waals surface area (Å²) >= 11 is 0. The van der Waals surface area contributed by atoms with Gasteiger partial charge in [0.1, 0.15) is 16.4 Å². The highest BCUT2D eigenvalue weighted by Crippen LogP contribution is 2.19. The van der Waals surface area contributed by atoms with Crippen LogP contribution in [-0.4, -0.2) is 29.7 Å². The molecule has 128 valence electrons. The van der Waals surface area contributed by atoms with Crippen LogP contribution in [0.5, 0.6) is 0 Å². The molecule has 0 saturated heterocycles. The smallest absolute Gasteiger partial charge is 0.245 e. The lowest BCUT2D eigenvalue weighted by atomic mass is 10.1. The summed E-state index contributed by atoms with van der Waals surface area (Å²) in [7, 11) is -1.65. The minimum Gasteiger partial charge on any atom is -0.360 e. The van der Waals surface area contributed by atoms with Crippen molar-refractivity contribution in [2.45, 2.75) is 32.1 Å². The summed E-state index contributed by atoms with van der Waals surface area (Å²) in [6.45, 7) is 5.45. The highest BCUT2D eigenvalue weighted by molar-refractivity contribution is 7.89. The van der Waals surface area contributed by atoms with Crippen molar-refractivity contribution in [3.8, 4) is 0 Å². The van der Waals surface area contributed by atoms with Crippen LogP contribution in [0.4, 0.5) is 0 Å². The van der Waals surface area contributed by atoms with Gasteiger partial charge in [-0.1, -0.05) is 11.2 Å². The second-order valence-corrected chi connectivity index (χ2v) is 7.55. The largest absolute Gasteiger partial charge is 0.360 e. The van der Waals surface area contributed by atoms with Gasteiger partial charge in [0.2, 0.25) is 10.0 Å². The first-order valence-corrected chi connectivity index (χ1v) is 9.12. The minimum absolute atomic E-state index is 0.123. The zero-order valence-corrected chi connectivity index (χ0v) is 14.9. The minimum atomic E-state index is -3.62. The molecule has 3 rings (SSSR count). The Morgan fingerprint density at radius 3 is 2.67 bits per heavy atom. The highest BCUT2D eigenvalue weighted by atomic mass is 32.2. The van der Waals surface area contributed by atoms with Crippen LogP contribution in [-0.2, 0) is 23.5 Å². The summed E-state index contributed by atoms with van der Waals surface area (Å²) in [6.07, 6.45) is 0.578. The molecule has 0 aliphatic carbocycles. The van der Waals surface area contributed by atoms with E-state index >= 15 is 0 Å². The summed E-state index contributed by atoms with van der Waals surface area (Å²) in [6, 6.07) is 5.99. The molecule has 0 bridgehead atoms. The van der Waals surface area contributed by atoms with E-state index in [-0.39, 0.29) is 4.90 Å². The van der Waals surface area contributed by atoms with Crippen molar-refractivity contribution in [1.29, 1.82) is 0 Å². The standard InChI is InChI=1S/C16H20N4O3S/c1-10-16(11(2)23-19-10)24(21,22)17-8-7-13-5-6-15-14(9-13)18-12(3)20(15)4/h5-6,9,17H,7-8H2,1-4H3. The first-order valence-electron chi connectivity index (χ1n) is 7.64. The summed E-state index contributed by atoms with van der Waals surface area (Å²) in [4.78, 5) is 4.62. The molecule has 2 heterocycles. The van der Waals surface area contributed by atoms with E-state index in [2.05, 4.69) is 14.9 Å². The first kappa shape index (κ1) is 16.7. The molecule has 7 nitrogen and oxygen atoms in total. The van der Waals surface area contributed by atoms with Gasteiger partial charge in [-0.05, 0) is 44.9 Å². The van der Waals surface area contributed by atoms with E-state index in [1.807, 2.05) is 36.7 Å². The van der Waals surface area contributed by atoms with Crippen LogP contribution in [0, 0.1) is 20.8 Å². The predicted octanol–water partition coefficient (Wildman–Crippen LogP) is 2.01. The number of fused-ring (bicyclic) bond motifs is 1. The number of nitrogens with zero attached hydrogens (tertiary/aromatic N) is 3. The zero-order chi connectivity index (χ0) is 17.5. The summed E-state index contributed by atoms with van der Waals surface area (Å²) in [5.74, 6) is 1.24. The molecule has 1 N–H and O–H groups in total. The lowest BCUT2D eigenvalue weighted by Gasteiger charge is -2.06. The number of sulfonamides is 1. The van der Waals surface area contributed by atoms with Crippen LogP contribution >= 0.6 is 0 Å². The van der Waals surface area contributed by atoms with Crippen molar-refractivity contribution in [2.75, 3.05) is 6.54 Å². The molecule has 2 aromatic heterocycles. The number of benzene rings is 1. The van der Waals surface area contributed by atoms with E-state index in [9.17, 15) is 8.42 Å². The van der Waals surface area contributed by atoms with Gasteiger partial charge >= 0.3 is 0 Å². The van der Waals surface area contributed by atoms with Gasteiger partial charge < -0.3 is 9.09 Å². The zero-order valence-electron chi connectivity index (χ0n) is 14.1. The molecule has 0 saturated carbocycles. The Balaban J connectivity index is 1.72. The Morgan fingerprint density at radius 1 is 1.25 bits per heavy atom. The second-order valence-electron chi connectivity index (χ2n) is 5.84. The van der Waals surface area contributed by atoms with Gasteiger partial charge in [-0.3, -0.25) is 0 Å². The number of aromatic nitrogens is 3. The van der Waals surface area contributed by atoms with Gasteiger partial charge in [-0.2, -0.15) is 0 Å². The van der Waals surface area contributed by atoms with Crippen molar-refractivity contribution in [2.24, 2.45) is 7.05 Å². The van der Waals surface area contributed by atoms with Crippen LogP contribution in [0.15, 0.2) is 27.6 Å². The van der Waals surface area contributed by atoms with Crippen LogP contribution in [0.25, 0.3) is 11.0 Å². The van der Waals surface area contributed by atoms with Crippen molar-refractivity contribution in [3.05, 3.63) is 41.0 Å². The molecule has 24 heavy (non-hydrogen) atoms. The Kier molecular flexibility index (Phi) is 4.18. The quantitative estimate of drug-likeness (QED) is 0.762. The molecule has 1 aromatic carbocycles. The lowest BCUT2D eigenvalue weighted by molar-refractivity contribution is 0.390. The van der Waals surface area contributed by atoms with Crippen LogP contribution in [0.2, 0.25) is 0 Å². The van der Waals surface area contributed by atoms with E-state index in [0.717, 1.165) is 22.4 Å². The van der Waals surface area contributed by atoms with E-state index in [1.54, 1.807) is 13.8 Å². The summed E-state index contributed by atoms with van der Waals surface area (Å²) in [5.41, 5.74) is 3.38. The van der Waals surface area contributed by atoms with Gasteiger partial charge in [0.05, 0.1) is 11.0 Å². The fourth-order valence-electron chi connectivity index (χ4n) is 2.78. The van der Waals surface area contributed by atoms with Crippen molar-refractivity contribution in [3.63, 3.8) is 0 Å². The molecule has 0 amide bonds. The fourth-order valence-corrected chi connectivity index (χ4v) is 4.14. The maximum absolute atomic E-state index is 12.4. The molecule has 0 unspecified atom stereocenters. The average molecular weight is 348 g/mol. The Morgan fingerprint density at radius 2 is 2.00 bits per heavy atom. The molecular weight excluding hydrogens is 328 g/mol. The normalized spacial score (nSPS) is 12.2. The predicted molar refractivity (Wildman–Crippen MR) is 90.3 cm³/mol. The number of rotatable bonds is 5. The first-order chi connectivity index (χ1) is 11.3. The van der Waals surface area contributed by atoms with Crippen molar-refractivity contribution in [1.82, 2.24) is 19.4 Å². The SMILES string of the molecule is Cc1noc(C)c1S(=O)(=O)NCCc1ccc2c(c1)nc(C)n2C. The second kappa shape index (κ2) is 6.03. The van der Waals surface area contributed by atoms with E-state index in [0.29, 0.717) is 24.4 Å². The Hall–Kier alpha value is -2.19. The molecule has 3 aromatic rings. The van der Waals surface area contributed by atoms with E-state index in [1.165, 1.54) is 0 Å². The monoisotopic (exact) mass is 348 g/mol. The number of hydrogen-bond donors (Lipinski definition) is 1. The topological polar surface area (TPSA) is 90.0 Å². The molecule has 0 fully saturated rings. The van der Waals surface area contributed by atoms with Crippen LogP contribution < -0.4 is 4.72 Å². The van der Waals surface area contributed by atoms with Gasteiger partial charge in [0.15, 0.2) is 5.76 Å². The average Bonchev–Trinajstić information content (AvgIpc) is 2.99. The Labute approximate surface area is 140 Å². The van der Waals surface area contributed by atoms with Crippen molar-refractivity contribution < 1.29 is 12.9 Å². The van der Waals surface area contributed by atoms with E-state index < -0.39 is 10.0 Å². The Bertz CT molecular complexity index is 982. The van der Waals surface area contributed by atoms with Gasteiger partial charge in [0, 0.05) is 13.6 Å². The number of imidazole rings is 1. The lowest BCUT2D eigenvalue weighted by Crippen LogP contribution is -2.26. The van der Waals surface area contributed by atoms with Gasteiger partial charge in [-0.25, -0.2) is 18.1 Å². The molecule has 0 aliphatic rings. The summed E-state index contributed by atoms with van der Waals surface area (Å²) in [5, 5.41) is 3.69. The molecule has 0 aliphatic heterocycles. The van der Waals surface area contributed by atoms with E-state index in [4.69, 9.17) is 4.52 Å². The molecule has 8 heteroatoms. The molecule has 0 atom stereocenters. The van der Waals surface area contributed by atoms with Crippen LogP contribution in [0.3, 0.4) is 0 Å². The third-order valence-corrected chi connectivity index (χ3v) is 5.82. The van der Waals surface area contributed by atoms with Crippen LogP contribution in [0.1, 0.15) is 22.8 Å². The molecular formula is C16H20N4O3S. The molecule has 0 spiro atoms. The number of hydrogen-bond acceptors (Lipinski definition) is 5. The van der Waals surface area contributed by atoms with Gasteiger partial charge in [-0.15, -0.1) is 0 Å². The third-order valence-electron chi connectivity index (χ3n) is 4.11. The van der Waals surface area contributed by atoms with Crippen molar-refractivity contribution >= 4 is 21.1 Å².